The van der Waals surface area contributed by atoms with Crippen molar-refractivity contribution < 1.29 is 74.5 Å². The lowest BCUT2D eigenvalue weighted by Crippen LogP contribution is -2.60. The quantitative estimate of drug-likeness (QED) is 0.0759. The van der Waals surface area contributed by atoms with E-state index >= 15 is 0 Å². The number of esters is 1. The number of phenols is 6. The first kappa shape index (κ1) is 31.7. The number of ether oxygens (including phenoxy) is 3. The number of hydrogen-bond donors (Lipinski definition) is 10. The second-order valence-corrected chi connectivity index (χ2v) is 10.1. The van der Waals surface area contributed by atoms with Gasteiger partial charge in [-0.05, 0) is 42.0 Å². The van der Waals surface area contributed by atoms with Crippen molar-refractivity contribution >= 4 is 23.0 Å². The van der Waals surface area contributed by atoms with Crippen molar-refractivity contribution in [3.8, 4) is 57.3 Å². The minimum atomic E-state index is -1.98. The second-order valence-electron chi connectivity index (χ2n) is 10.1. The maximum Gasteiger partial charge on any atom is 0.330 e. The minimum Gasteiger partial charge on any atom is -0.504 e. The maximum atomic E-state index is 13.3. The average Bonchev–Trinajstić information content (AvgIpc) is 3.02. The molecule has 4 aromatic rings. The molecule has 242 valence electrons. The Morgan fingerprint density at radius 1 is 0.783 bits per heavy atom. The summed E-state index contributed by atoms with van der Waals surface area (Å²) in [6.07, 6.45) is -6.89. The molecule has 0 radical (unpaired) electrons. The second kappa shape index (κ2) is 12.4. The van der Waals surface area contributed by atoms with Gasteiger partial charge in [0.2, 0.25) is 23.2 Å². The lowest BCUT2D eigenvalue weighted by molar-refractivity contribution is -0.278. The number of aromatic hydroxyl groups is 7. The molecule has 0 amide bonds. The standard InChI is InChI=1S/C30H26O16/c31-13-4-1-11(7-15(13)33)2-6-20(36)43-10-19-23(38)25(40)27(42)30(45-19)44-18-9-17(35)22(37)29-21(18)24(39)26(41)28(46-29)12-3-5-14(32)16(34)8-12/h1-9,19,23,25,27,30-35,37-38,40-42H,10H2/b6-2+/t19-,23-,25+,27-,30-/m1/s1. The summed E-state index contributed by atoms with van der Waals surface area (Å²) >= 11 is 0. The highest BCUT2D eigenvalue weighted by atomic mass is 16.7. The molecule has 5 rings (SSSR count). The van der Waals surface area contributed by atoms with Crippen LogP contribution in [0.5, 0.6) is 46.0 Å². The summed E-state index contributed by atoms with van der Waals surface area (Å²) in [6.45, 7) is -0.678. The van der Waals surface area contributed by atoms with Crippen molar-refractivity contribution in [3.05, 3.63) is 64.3 Å². The minimum absolute atomic E-state index is 0.103. The molecule has 1 aliphatic rings. The number of phenolic OH excluding ortho intramolecular Hbond substituents is 6. The highest BCUT2D eigenvalue weighted by Gasteiger charge is 2.46. The molecular weight excluding hydrogens is 616 g/mol. The number of carbonyl (C=O) groups is 1. The van der Waals surface area contributed by atoms with Gasteiger partial charge in [-0.1, -0.05) is 6.07 Å². The number of fused-ring (bicyclic) bond motifs is 1. The molecule has 1 fully saturated rings. The van der Waals surface area contributed by atoms with Gasteiger partial charge in [0, 0.05) is 17.7 Å². The van der Waals surface area contributed by atoms with Crippen LogP contribution in [0.1, 0.15) is 5.56 Å². The van der Waals surface area contributed by atoms with Crippen molar-refractivity contribution in [2.24, 2.45) is 0 Å². The van der Waals surface area contributed by atoms with E-state index in [0.717, 1.165) is 24.3 Å². The molecule has 0 spiro atoms. The molecule has 0 aliphatic carbocycles. The molecule has 5 atom stereocenters. The van der Waals surface area contributed by atoms with Gasteiger partial charge in [-0.3, -0.25) is 4.79 Å². The number of benzene rings is 3. The molecule has 10 N–H and O–H groups in total. The lowest BCUT2D eigenvalue weighted by Gasteiger charge is -2.39. The Balaban J connectivity index is 1.40. The van der Waals surface area contributed by atoms with Crippen LogP contribution < -0.4 is 10.2 Å². The zero-order valence-electron chi connectivity index (χ0n) is 23.2. The van der Waals surface area contributed by atoms with Gasteiger partial charge in [-0.25, -0.2) is 4.79 Å². The molecule has 16 heteroatoms. The van der Waals surface area contributed by atoms with E-state index in [-0.39, 0.29) is 11.3 Å². The van der Waals surface area contributed by atoms with Crippen molar-refractivity contribution in [3.63, 3.8) is 0 Å². The summed E-state index contributed by atoms with van der Waals surface area (Å²) in [4.78, 5) is 25.5. The third-order valence-corrected chi connectivity index (χ3v) is 7.01. The summed E-state index contributed by atoms with van der Waals surface area (Å²) in [6, 6.07) is 7.68. The van der Waals surface area contributed by atoms with Gasteiger partial charge < -0.3 is 69.7 Å². The number of rotatable bonds is 7. The van der Waals surface area contributed by atoms with E-state index in [2.05, 4.69) is 0 Å². The van der Waals surface area contributed by atoms with Gasteiger partial charge in [0.05, 0.1) is 0 Å². The fourth-order valence-electron chi connectivity index (χ4n) is 4.55. The van der Waals surface area contributed by atoms with E-state index < -0.39 is 106 Å². The Hall–Kier alpha value is -5.68. The van der Waals surface area contributed by atoms with E-state index in [0.29, 0.717) is 5.56 Å². The molecular formula is C30H26O16. The van der Waals surface area contributed by atoms with Crippen LogP contribution in [0.4, 0.5) is 0 Å². The molecule has 1 aliphatic heterocycles. The first-order valence-electron chi connectivity index (χ1n) is 13.3. The monoisotopic (exact) mass is 642 g/mol. The van der Waals surface area contributed by atoms with Gasteiger partial charge in [0.25, 0.3) is 0 Å². The summed E-state index contributed by atoms with van der Waals surface area (Å²) in [5, 5.41) is 101. The van der Waals surface area contributed by atoms with Crippen molar-refractivity contribution in [1.82, 2.24) is 0 Å². The number of hydrogen-bond acceptors (Lipinski definition) is 16. The fraction of sp³-hybridized carbons (Fsp3) is 0.200. The van der Waals surface area contributed by atoms with Crippen LogP contribution in [-0.2, 0) is 14.3 Å². The zero-order chi connectivity index (χ0) is 33.4. The highest BCUT2D eigenvalue weighted by Crippen LogP contribution is 2.44. The molecule has 0 unspecified atom stereocenters. The number of aliphatic hydroxyl groups is 3. The Bertz CT molecular complexity index is 1900. The van der Waals surface area contributed by atoms with Crippen molar-refractivity contribution in [2.75, 3.05) is 6.61 Å². The van der Waals surface area contributed by atoms with Crippen LogP contribution in [0.25, 0.3) is 28.4 Å². The molecule has 1 saturated heterocycles. The normalized spacial score (nSPS) is 21.4. The van der Waals surface area contributed by atoms with E-state index in [1.165, 1.54) is 30.3 Å². The first-order valence-corrected chi connectivity index (χ1v) is 13.3. The van der Waals surface area contributed by atoms with Gasteiger partial charge >= 0.3 is 5.97 Å². The van der Waals surface area contributed by atoms with E-state index in [1.807, 2.05) is 0 Å². The molecule has 0 saturated carbocycles. The Kier molecular flexibility index (Phi) is 8.53. The van der Waals surface area contributed by atoms with Crippen LogP contribution in [-0.4, -0.2) is 94.3 Å². The van der Waals surface area contributed by atoms with Gasteiger partial charge in [-0.2, -0.15) is 0 Å². The van der Waals surface area contributed by atoms with Crippen molar-refractivity contribution in [1.29, 1.82) is 0 Å². The van der Waals surface area contributed by atoms with Crippen molar-refractivity contribution in [2.45, 2.75) is 30.7 Å². The van der Waals surface area contributed by atoms with Crippen LogP contribution in [0.15, 0.2) is 57.8 Å². The smallest absolute Gasteiger partial charge is 0.330 e. The van der Waals surface area contributed by atoms with Crippen LogP contribution in [0.2, 0.25) is 0 Å². The molecule has 3 aromatic carbocycles. The molecule has 0 bridgehead atoms. The summed E-state index contributed by atoms with van der Waals surface area (Å²) in [7, 11) is 0. The highest BCUT2D eigenvalue weighted by molar-refractivity contribution is 5.93. The van der Waals surface area contributed by atoms with E-state index in [4.69, 9.17) is 18.6 Å². The zero-order valence-corrected chi connectivity index (χ0v) is 23.2. The Labute approximate surface area is 256 Å². The molecule has 2 heterocycles. The third kappa shape index (κ3) is 6.00. The Morgan fingerprint density at radius 3 is 2.13 bits per heavy atom. The fourth-order valence-corrected chi connectivity index (χ4v) is 4.55. The van der Waals surface area contributed by atoms with E-state index in [9.17, 15) is 60.7 Å². The third-order valence-electron chi connectivity index (χ3n) is 7.01. The largest absolute Gasteiger partial charge is 0.504 e. The summed E-state index contributed by atoms with van der Waals surface area (Å²) in [5.74, 6) is -6.92. The van der Waals surface area contributed by atoms with Crippen LogP contribution >= 0.6 is 0 Å². The molecule has 1 aromatic heterocycles. The summed E-state index contributed by atoms with van der Waals surface area (Å²) in [5.41, 5.74) is -1.68. The van der Waals surface area contributed by atoms with Crippen LogP contribution in [0.3, 0.4) is 0 Å². The number of aliphatic hydroxyl groups excluding tert-OH is 3. The first-order chi connectivity index (χ1) is 21.8. The van der Waals surface area contributed by atoms with Gasteiger partial charge in [-0.15, -0.1) is 0 Å². The molecule has 46 heavy (non-hydrogen) atoms. The number of carbonyl (C=O) groups excluding carboxylic acids is 1. The van der Waals surface area contributed by atoms with Gasteiger partial charge in [0.1, 0.15) is 42.2 Å². The summed E-state index contributed by atoms with van der Waals surface area (Å²) < 4.78 is 21.6. The Morgan fingerprint density at radius 2 is 1.46 bits per heavy atom. The topological polar surface area (TPSA) is 277 Å². The maximum absolute atomic E-state index is 13.3. The lowest BCUT2D eigenvalue weighted by atomic mass is 9.99. The predicted molar refractivity (Wildman–Crippen MR) is 153 cm³/mol. The average molecular weight is 643 g/mol. The molecule has 16 nitrogen and oxygen atoms in total. The van der Waals surface area contributed by atoms with Crippen LogP contribution in [0, 0.1) is 0 Å². The van der Waals surface area contributed by atoms with E-state index in [1.54, 1.807) is 0 Å². The SMILES string of the molecule is O=C(/C=C/c1ccc(O)c(O)c1)OC[C@H]1O[C@@H](Oc2cc(O)c(O)c3oc(-c4ccc(O)c(O)c4)c(O)c(=O)c23)[C@H](O)[C@@H](O)[C@@H]1O. The van der Waals surface area contributed by atoms with Gasteiger partial charge in [0.15, 0.2) is 40.1 Å². The predicted octanol–water partition coefficient (Wildman–Crippen LogP) is 0.842.